The minimum absolute atomic E-state index is 0.849. The number of rotatable bonds is 6. The van der Waals surface area contributed by atoms with Crippen molar-refractivity contribution in [2.45, 2.75) is 33.1 Å². The maximum atomic E-state index is 10.6. The summed E-state index contributed by atoms with van der Waals surface area (Å²) in [4.78, 5) is 13.0. The average molecular weight is 273 g/mol. The Morgan fingerprint density at radius 1 is 1.45 bits per heavy atom. The molecule has 1 aromatic rings. The van der Waals surface area contributed by atoms with Crippen LogP contribution >= 0.6 is 0 Å². The Morgan fingerprint density at radius 2 is 2.20 bits per heavy atom. The Kier molecular flexibility index (Phi) is 4.83. The first-order valence-corrected chi connectivity index (χ1v) is 7.36. The molecule has 1 aliphatic carbocycles. The maximum absolute atomic E-state index is 10.6. The second kappa shape index (κ2) is 6.60. The predicted molar refractivity (Wildman–Crippen MR) is 83.1 cm³/mol. The molecule has 108 valence electrons. The van der Waals surface area contributed by atoms with Crippen LogP contribution in [0.5, 0.6) is 0 Å². The number of nitrogens with zero attached hydrogens (tertiary/aromatic N) is 1. The third-order valence-electron chi connectivity index (χ3n) is 4.11. The lowest BCUT2D eigenvalue weighted by molar-refractivity contribution is -0.131. The molecule has 1 aliphatic rings. The SMILES string of the molecule is CCN(CC1CCC1)c1ccc(/C=C/C(=O)O)c(C)c1. The number of benzene rings is 1. The van der Waals surface area contributed by atoms with Crippen LogP contribution in [-0.4, -0.2) is 24.2 Å². The van der Waals surface area contributed by atoms with Crippen molar-refractivity contribution < 1.29 is 9.90 Å². The van der Waals surface area contributed by atoms with Gasteiger partial charge in [-0.3, -0.25) is 0 Å². The minimum atomic E-state index is -0.909. The smallest absolute Gasteiger partial charge is 0.328 e. The minimum Gasteiger partial charge on any atom is -0.478 e. The summed E-state index contributed by atoms with van der Waals surface area (Å²) in [6, 6.07) is 6.26. The number of aryl methyl sites for hydroxylation is 1. The molecule has 1 saturated carbocycles. The van der Waals surface area contributed by atoms with Gasteiger partial charge in [-0.2, -0.15) is 0 Å². The van der Waals surface area contributed by atoms with Gasteiger partial charge in [0.15, 0.2) is 0 Å². The fraction of sp³-hybridized carbons (Fsp3) is 0.471. The molecule has 1 N–H and O–H groups in total. The number of hydrogen-bond acceptors (Lipinski definition) is 2. The molecule has 3 heteroatoms. The average Bonchev–Trinajstić information content (AvgIpc) is 2.36. The van der Waals surface area contributed by atoms with Gasteiger partial charge in [-0.1, -0.05) is 12.5 Å². The van der Waals surface area contributed by atoms with E-state index in [0.29, 0.717) is 0 Å². The largest absolute Gasteiger partial charge is 0.478 e. The van der Waals surface area contributed by atoms with E-state index in [0.717, 1.165) is 30.1 Å². The van der Waals surface area contributed by atoms with Crippen molar-refractivity contribution in [3.8, 4) is 0 Å². The molecule has 0 bridgehead atoms. The normalized spacial score (nSPS) is 15.3. The van der Waals surface area contributed by atoms with Gasteiger partial charge >= 0.3 is 5.97 Å². The Morgan fingerprint density at radius 3 is 2.70 bits per heavy atom. The first-order valence-electron chi connectivity index (χ1n) is 7.36. The highest BCUT2D eigenvalue weighted by Crippen LogP contribution is 2.29. The maximum Gasteiger partial charge on any atom is 0.328 e. The van der Waals surface area contributed by atoms with E-state index in [1.165, 1.54) is 31.0 Å². The highest BCUT2D eigenvalue weighted by molar-refractivity contribution is 5.85. The van der Waals surface area contributed by atoms with E-state index in [2.05, 4.69) is 24.0 Å². The third kappa shape index (κ3) is 3.62. The lowest BCUT2D eigenvalue weighted by Crippen LogP contribution is -2.32. The van der Waals surface area contributed by atoms with Crippen LogP contribution in [0, 0.1) is 12.8 Å². The number of carbonyl (C=O) groups is 1. The zero-order valence-corrected chi connectivity index (χ0v) is 12.3. The number of carboxylic acids is 1. The molecule has 0 saturated heterocycles. The summed E-state index contributed by atoms with van der Waals surface area (Å²) in [5.74, 6) is -0.0597. The number of anilines is 1. The zero-order chi connectivity index (χ0) is 14.5. The molecule has 0 aromatic heterocycles. The van der Waals surface area contributed by atoms with Crippen LogP contribution in [0.25, 0.3) is 6.08 Å². The van der Waals surface area contributed by atoms with Gasteiger partial charge in [-0.25, -0.2) is 4.79 Å². The van der Waals surface area contributed by atoms with Gasteiger partial charge in [0.25, 0.3) is 0 Å². The van der Waals surface area contributed by atoms with Crippen LogP contribution in [0.1, 0.15) is 37.3 Å². The summed E-state index contributed by atoms with van der Waals surface area (Å²) in [6.45, 7) is 6.37. The fourth-order valence-electron chi connectivity index (χ4n) is 2.61. The molecule has 0 radical (unpaired) electrons. The quantitative estimate of drug-likeness (QED) is 0.803. The van der Waals surface area contributed by atoms with E-state index in [4.69, 9.17) is 5.11 Å². The topological polar surface area (TPSA) is 40.5 Å². The summed E-state index contributed by atoms with van der Waals surface area (Å²) < 4.78 is 0. The van der Waals surface area contributed by atoms with Crippen LogP contribution in [0.15, 0.2) is 24.3 Å². The summed E-state index contributed by atoms with van der Waals surface area (Å²) >= 11 is 0. The van der Waals surface area contributed by atoms with Crippen molar-refractivity contribution >= 4 is 17.7 Å². The second-order valence-electron chi connectivity index (χ2n) is 5.55. The standard InChI is InChI=1S/C17H23NO2/c1-3-18(12-14-5-4-6-14)16-9-7-15(13(2)11-16)8-10-17(19)20/h7-11,14H,3-6,12H2,1-2H3,(H,19,20)/b10-8+. The van der Waals surface area contributed by atoms with Crippen LogP contribution < -0.4 is 4.90 Å². The molecule has 0 unspecified atom stereocenters. The summed E-state index contributed by atoms with van der Waals surface area (Å²) in [6.07, 6.45) is 6.93. The summed E-state index contributed by atoms with van der Waals surface area (Å²) in [5, 5.41) is 8.68. The highest BCUT2D eigenvalue weighted by atomic mass is 16.4. The van der Waals surface area contributed by atoms with Crippen molar-refractivity contribution in [1.29, 1.82) is 0 Å². The van der Waals surface area contributed by atoms with Crippen LogP contribution in [0.2, 0.25) is 0 Å². The molecule has 0 amide bonds. The van der Waals surface area contributed by atoms with Crippen molar-refractivity contribution in [3.05, 3.63) is 35.4 Å². The summed E-state index contributed by atoms with van der Waals surface area (Å²) in [5.41, 5.74) is 3.33. The van der Waals surface area contributed by atoms with Gasteiger partial charge in [0.1, 0.15) is 0 Å². The van der Waals surface area contributed by atoms with E-state index in [9.17, 15) is 4.79 Å². The molecule has 20 heavy (non-hydrogen) atoms. The Balaban J connectivity index is 2.11. The molecule has 1 aromatic carbocycles. The second-order valence-corrected chi connectivity index (χ2v) is 5.55. The van der Waals surface area contributed by atoms with Gasteiger partial charge in [-0.15, -0.1) is 0 Å². The van der Waals surface area contributed by atoms with Gasteiger partial charge in [-0.05, 0) is 61.9 Å². The molecule has 0 aliphatic heterocycles. The van der Waals surface area contributed by atoms with E-state index in [1.54, 1.807) is 6.08 Å². The van der Waals surface area contributed by atoms with Crippen molar-refractivity contribution in [3.63, 3.8) is 0 Å². The van der Waals surface area contributed by atoms with E-state index in [-0.39, 0.29) is 0 Å². The first kappa shape index (κ1) is 14.6. The van der Waals surface area contributed by atoms with Crippen molar-refractivity contribution in [1.82, 2.24) is 0 Å². The van der Waals surface area contributed by atoms with Crippen LogP contribution in [0.4, 0.5) is 5.69 Å². The predicted octanol–water partition coefficient (Wildman–Crippen LogP) is 3.72. The highest BCUT2D eigenvalue weighted by Gasteiger charge is 2.20. The number of carboxylic acid groups (broad SMARTS) is 1. The first-order chi connectivity index (χ1) is 9.60. The molecular weight excluding hydrogens is 250 g/mol. The zero-order valence-electron chi connectivity index (χ0n) is 12.3. The summed E-state index contributed by atoms with van der Waals surface area (Å²) in [7, 11) is 0. The van der Waals surface area contributed by atoms with Gasteiger partial charge in [0, 0.05) is 24.9 Å². The molecule has 2 rings (SSSR count). The van der Waals surface area contributed by atoms with E-state index in [1.807, 2.05) is 13.0 Å². The lowest BCUT2D eigenvalue weighted by atomic mass is 9.85. The Hall–Kier alpha value is -1.77. The van der Waals surface area contributed by atoms with E-state index < -0.39 is 5.97 Å². The number of aliphatic carboxylic acids is 1. The third-order valence-corrected chi connectivity index (χ3v) is 4.11. The molecule has 0 atom stereocenters. The van der Waals surface area contributed by atoms with Crippen molar-refractivity contribution in [2.24, 2.45) is 5.92 Å². The fourth-order valence-corrected chi connectivity index (χ4v) is 2.61. The van der Waals surface area contributed by atoms with Gasteiger partial charge in [0.05, 0.1) is 0 Å². The van der Waals surface area contributed by atoms with Crippen LogP contribution in [0.3, 0.4) is 0 Å². The van der Waals surface area contributed by atoms with E-state index >= 15 is 0 Å². The lowest BCUT2D eigenvalue weighted by Gasteiger charge is -2.33. The van der Waals surface area contributed by atoms with Crippen molar-refractivity contribution in [2.75, 3.05) is 18.0 Å². The Bertz CT molecular complexity index is 504. The Labute approximate surface area is 120 Å². The van der Waals surface area contributed by atoms with Gasteiger partial charge < -0.3 is 10.0 Å². The van der Waals surface area contributed by atoms with Gasteiger partial charge in [0.2, 0.25) is 0 Å². The molecule has 3 nitrogen and oxygen atoms in total. The number of hydrogen-bond donors (Lipinski definition) is 1. The van der Waals surface area contributed by atoms with Crippen LogP contribution in [-0.2, 0) is 4.79 Å². The molecule has 0 heterocycles. The monoisotopic (exact) mass is 273 g/mol. The molecule has 0 spiro atoms. The molecule has 1 fully saturated rings. The molecular formula is C17H23NO2.